The van der Waals surface area contributed by atoms with Crippen molar-refractivity contribution < 1.29 is 19.0 Å². The van der Waals surface area contributed by atoms with Gasteiger partial charge in [0, 0.05) is 17.8 Å². The van der Waals surface area contributed by atoms with Crippen LogP contribution in [-0.4, -0.2) is 47.8 Å². The van der Waals surface area contributed by atoms with Crippen molar-refractivity contribution in [3.63, 3.8) is 0 Å². The summed E-state index contributed by atoms with van der Waals surface area (Å²) in [5, 5.41) is 12.2. The van der Waals surface area contributed by atoms with Crippen LogP contribution in [0.15, 0.2) is 48.1 Å². The highest BCUT2D eigenvalue weighted by Gasteiger charge is 2.20. The summed E-state index contributed by atoms with van der Waals surface area (Å²) in [7, 11) is 4.67. The van der Waals surface area contributed by atoms with Gasteiger partial charge in [-0.05, 0) is 49.2 Å². The van der Waals surface area contributed by atoms with E-state index in [0.717, 1.165) is 16.8 Å². The van der Waals surface area contributed by atoms with Gasteiger partial charge in [-0.25, -0.2) is 0 Å². The molecule has 0 saturated heterocycles. The fourth-order valence-corrected chi connectivity index (χ4v) is 4.01. The number of amides is 1. The van der Waals surface area contributed by atoms with Gasteiger partial charge in [0.15, 0.2) is 22.5 Å². The average molecular weight is 469 g/mol. The number of anilines is 1. The third kappa shape index (κ3) is 5.48. The van der Waals surface area contributed by atoms with Crippen LogP contribution in [0.4, 0.5) is 5.69 Å². The number of carbonyl (C=O) groups excluding carboxylic acids is 1. The molecule has 1 aromatic heterocycles. The molecule has 174 valence electrons. The Bertz CT molecular complexity index is 1130. The molecule has 0 saturated carbocycles. The first-order valence-electron chi connectivity index (χ1n) is 10.3. The lowest BCUT2D eigenvalue weighted by molar-refractivity contribution is -0.113. The van der Waals surface area contributed by atoms with Gasteiger partial charge in [0.1, 0.15) is 0 Å². The molecule has 0 radical (unpaired) electrons. The highest BCUT2D eigenvalue weighted by Crippen LogP contribution is 2.41. The van der Waals surface area contributed by atoms with E-state index >= 15 is 0 Å². The molecule has 0 aliphatic carbocycles. The lowest BCUT2D eigenvalue weighted by atomic mass is 10.1. The molecule has 0 bridgehead atoms. The number of allylic oxidation sites excluding steroid dienone is 1. The Morgan fingerprint density at radius 3 is 2.33 bits per heavy atom. The molecule has 3 rings (SSSR count). The number of nitrogens with one attached hydrogen (secondary N) is 1. The Morgan fingerprint density at radius 1 is 1.06 bits per heavy atom. The third-order valence-corrected chi connectivity index (χ3v) is 6.04. The van der Waals surface area contributed by atoms with E-state index in [-0.39, 0.29) is 11.7 Å². The highest BCUT2D eigenvalue weighted by atomic mass is 32.2. The van der Waals surface area contributed by atoms with Gasteiger partial charge in [-0.15, -0.1) is 16.8 Å². The average Bonchev–Trinajstić information content (AvgIpc) is 3.21. The lowest BCUT2D eigenvalue weighted by Gasteiger charge is -2.14. The molecule has 1 N–H and O–H groups in total. The van der Waals surface area contributed by atoms with Gasteiger partial charge in [-0.1, -0.05) is 23.9 Å². The first-order chi connectivity index (χ1) is 15.9. The molecule has 2 aromatic carbocycles. The van der Waals surface area contributed by atoms with Crippen molar-refractivity contribution in [2.45, 2.75) is 25.5 Å². The van der Waals surface area contributed by atoms with Crippen molar-refractivity contribution >= 4 is 23.4 Å². The quantitative estimate of drug-likeness (QED) is 0.346. The second-order valence-electron chi connectivity index (χ2n) is 7.26. The van der Waals surface area contributed by atoms with Gasteiger partial charge in [0.05, 0.1) is 27.1 Å². The number of ether oxygens (including phenoxy) is 3. The molecular formula is C24H28N4O4S. The number of aryl methyl sites for hydroxylation is 2. The van der Waals surface area contributed by atoms with Crippen LogP contribution in [0.2, 0.25) is 0 Å². The summed E-state index contributed by atoms with van der Waals surface area (Å²) in [5.74, 6) is 2.20. The number of hydrogen-bond donors (Lipinski definition) is 1. The minimum Gasteiger partial charge on any atom is -0.493 e. The van der Waals surface area contributed by atoms with E-state index in [1.807, 2.05) is 48.7 Å². The predicted octanol–water partition coefficient (Wildman–Crippen LogP) is 4.50. The minimum absolute atomic E-state index is 0.120. The van der Waals surface area contributed by atoms with Crippen LogP contribution in [0.1, 0.15) is 11.1 Å². The van der Waals surface area contributed by atoms with Gasteiger partial charge < -0.3 is 19.5 Å². The van der Waals surface area contributed by atoms with Crippen molar-refractivity contribution in [2.24, 2.45) is 0 Å². The van der Waals surface area contributed by atoms with E-state index in [4.69, 9.17) is 14.2 Å². The minimum atomic E-state index is -0.120. The zero-order chi connectivity index (χ0) is 24.0. The molecular weight excluding hydrogens is 440 g/mol. The Kier molecular flexibility index (Phi) is 8.00. The summed E-state index contributed by atoms with van der Waals surface area (Å²) < 4.78 is 18.2. The Hall–Kier alpha value is -3.46. The van der Waals surface area contributed by atoms with Crippen molar-refractivity contribution in [2.75, 3.05) is 32.4 Å². The van der Waals surface area contributed by atoms with Crippen molar-refractivity contribution in [3.05, 3.63) is 54.1 Å². The molecule has 1 amide bonds. The molecule has 8 nitrogen and oxygen atoms in total. The number of aromatic nitrogens is 3. The van der Waals surface area contributed by atoms with Crippen molar-refractivity contribution in [3.8, 4) is 28.6 Å². The molecule has 0 spiro atoms. The zero-order valence-electron chi connectivity index (χ0n) is 19.5. The number of thioether (sulfide) groups is 1. The van der Waals surface area contributed by atoms with Gasteiger partial charge in [-0.3, -0.25) is 9.36 Å². The van der Waals surface area contributed by atoms with Crippen LogP contribution in [0.3, 0.4) is 0 Å². The molecule has 0 fully saturated rings. The number of methoxy groups -OCH3 is 3. The number of benzene rings is 2. The SMILES string of the molecule is C=CCn1c(SCC(=O)Nc2ccc(C)c(C)c2)nnc1-c1cc(OC)c(OC)c(OC)c1. The van der Waals surface area contributed by atoms with E-state index in [1.54, 1.807) is 27.4 Å². The Labute approximate surface area is 198 Å². The number of carbonyl (C=O) groups is 1. The van der Waals surface area contributed by atoms with E-state index in [2.05, 4.69) is 22.1 Å². The first kappa shape index (κ1) is 24.2. The summed E-state index contributed by atoms with van der Waals surface area (Å²) >= 11 is 1.31. The van der Waals surface area contributed by atoms with E-state index < -0.39 is 0 Å². The van der Waals surface area contributed by atoms with Gasteiger partial charge >= 0.3 is 0 Å². The van der Waals surface area contributed by atoms with Crippen LogP contribution in [0.25, 0.3) is 11.4 Å². The summed E-state index contributed by atoms with van der Waals surface area (Å²) in [5.41, 5.74) is 3.82. The second-order valence-corrected chi connectivity index (χ2v) is 8.20. The van der Waals surface area contributed by atoms with E-state index in [0.29, 0.717) is 34.8 Å². The van der Waals surface area contributed by atoms with E-state index in [1.165, 1.54) is 17.3 Å². The molecule has 9 heteroatoms. The molecule has 3 aromatic rings. The Balaban J connectivity index is 1.83. The summed E-state index contributed by atoms with van der Waals surface area (Å²) in [6.07, 6.45) is 1.75. The Morgan fingerprint density at radius 2 is 1.76 bits per heavy atom. The second kappa shape index (κ2) is 10.9. The highest BCUT2D eigenvalue weighted by molar-refractivity contribution is 7.99. The maximum atomic E-state index is 12.5. The van der Waals surface area contributed by atoms with Crippen LogP contribution < -0.4 is 19.5 Å². The largest absolute Gasteiger partial charge is 0.493 e. The van der Waals surface area contributed by atoms with Gasteiger partial charge in [0.25, 0.3) is 0 Å². The maximum Gasteiger partial charge on any atom is 0.234 e. The first-order valence-corrected chi connectivity index (χ1v) is 11.2. The monoisotopic (exact) mass is 468 g/mol. The summed E-state index contributed by atoms with van der Waals surface area (Å²) in [4.78, 5) is 12.5. The number of rotatable bonds is 10. The maximum absolute atomic E-state index is 12.5. The topological polar surface area (TPSA) is 87.5 Å². The van der Waals surface area contributed by atoms with Crippen LogP contribution in [-0.2, 0) is 11.3 Å². The summed E-state index contributed by atoms with van der Waals surface area (Å²) in [6.45, 7) is 8.36. The fourth-order valence-electron chi connectivity index (χ4n) is 3.26. The number of hydrogen-bond acceptors (Lipinski definition) is 7. The zero-order valence-corrected chi connectivity index (χ0v) is 20.3. The van der Waals surface area contributed by atoms with Crippen LogP contribution >= 0.6 is 11.8 Å². The molecule has 1 heterocycles. The molecule has 0 aliphatic rings. The molecule has 0 atom stereocenters. The third-order valence-electron chi connectivity index (χ3n) is 5.07. The molecule has 33 heavy (non-hydrogen) atoms. The molecule has 0 aliphatic heterocycles. The smallest absolute Gasteiger partial charge is 0.234 e. The van der Waals surface area contributed by atoms with Crippen LogP contribution in [0, 0.1) is 13.8 Å². The summed E-state index contributed by atoms with van der Waals surface area (Å²) in [6, 6.07) is 9.47. The van der Waals surface area contributed by atoms with E-state index in [9.17, 15) is 4.79 Å². The predicted molar refractivity (Wildman–Crippen MR) is 131 cm³/mol. The fraction of sp³-hybridized carbons (Fsp3) is 0.292. The van der Waals surface area contributed by atoms with Crippen LogP contribution in [0.5, 0.6) is 17.2 Å². The lowest BCUT2D eigenvalue weighted by Crippen LogP contribution is -2.14. The number of nitrogens with zero attached hydrogens (tertiary/aromatic N) is 3. The van der Waals surface area contributed by atoms with Gasteiger partial charge in [-0.2, -0.15) is 0 Å². The normalized spacial score (nSPS) is 10.6. The van der Waals surface area contributed by atoms with Crippen molar-refractivity contribution in [1.29, 1.82) is 0 Å². The standard InChI is InChI=1S/C24H28N4O4S/c1-7-10-28-23(17-12-19(30-4)22(32-6)20(13-17)31-5)26-27-24(28)33-14-21(29)25-18-9-8-15(2)16(3)11-18/h7-9,11-13H,1,10,14H2,2-6H3,(H,25,29). The molecule has 0 unspecified atom stereocenters. The van der Waals surface area contributed by atoms with Crippen molar-refractivity contribution in [1.82, 2.24) is 14.8 Å². The van der Waals surface area contributed by atoms with Gasteiger partial charge in [0.2, 0.25) is 11.7 Å².